The van der Waals surface area contributed by atoms with E-state index >= 15 is 0 Å². The third-order valence-electron chi connectivity index (χ3n) is 14.5. The van der Waals surface area contributed by atoms with Crippen molar-refractivity contribution in [2.75, 3.05) is 0 Å². The molecule has 0 saturated heterocycles. The zero-order valence-corrected chi connectivity index (χ0v) is 34.6. The molecule has 4 nitrogen and oxygen atoms in total. The van der Waals surface area contributed by atoms with Gasteiger partial charge in [-0.1, -0.05) is 87.1 Å². The number of carbonyl (C=O) groups excluding carboxylic acids is 4. The number of ketones is 4. The summed E-state index contributed by atoms with van der Waals surface area (Å²) in [5.74, 6) is -0.682. The Morgan fingerprint density at radius 2 is 0.949 bits per heavy atom. The van der Waals surface area contributed by atoms with Gasteiger partial charge in [0.15, 0.2) is 23.1 Å². The van der Waals surface area contributed by atoms with Crippen LogP contribution >= 0.6 is 34.0 Å². The summed E-state index contributed by atoms with van der Waals surface area (Å²) in [6.07, 6.45) is 17.5. The molecule has 0 unspecified atom stereocenters. The second-order valence-electron chi connectivity index (χ2n) is 17.5. The molecular weight excluding hydrogens is 785 g/mol. The van der Waals surface area contributed by atoms with Crippen molar-refractivity contribution in [3.05, 3.63) is 150 Å². The number of fused-ring (bicyclic) bond motifs is 14. The number of Topliss-reactive ketones (excluding diaryl/α,β-unsaturated/α-hetero) is 4. The maximum atomic E-state index is 14.1. The van der Waals surface area contributed by atoms with E-state index in [1.807, 2.05) is 108 Å². The first-order chi connectivity index (χ1) is 28.8. The highest BCUT2D eigenvalue weighted by Crippen LogP contribution is 2.69. The lowest BCUT2D eigenvalue weighted by atomic mass is 9.61. The van der Waals surface area contributed by atoms with Gasteiger partial charge < -0.3 is 0 Å². The third kappa shape index (κ3) is 4.53. The Bertz CT molecular complexity index is 3140. The van der Waals surface area contributed by atoms with Gasteiger partial charge in [-0.2, -0.15) is 0 Å². The summed E-state index contributed by atoms with van der Waals surface area (Å²) in [6, 6.07) is 25.6. The molecule has 3 aromatic heterocycles. The third-order valence-corrected chi connectivity index (χ3v) is 18.2. The first kappa shape index (κ1) is 34.5. The second-order valence-corrected chi connectivity index (χ2v) is 20.7. The molecule has 0 atom stereocenters. The molecule has 0 amide bonds. The van der Waals surface area contributed by atoms with Crippen molar-refractivity contribution in [2.24, 2.45) is 0 Å². The van der Waals surface area contributed by atoms with Gasteiger partial charge in [-0.3, -0.25) is 19.2 Å². The average Bonchev–Trinajstić information content (AvgIpc) is 4.10. The number of carbonyl (C=O) groups is 4. The zero-order valence-electron chi connectivity index (χ0n) is 32.2. The topological polar surface area (TPSA) is 68.3 Å². The van der Waals surface area contributed by atoms with E-state index in [2.05, 4.69) is 12.1 Å². The standard InChI is InChI=1S/C52H36O4S3/c53-44-33-19-27-11-3-4-12-28(27)20-34(33)45(54)37(44)23-31-24-39-41(51(31)15-7-1-8-16-51)42-49(58-39)50-43(52(42)17-9-2-10-18-52)48-40(59-50)26-32(57-48)25-38-46(55)35-21-29-13-5-6-14-30(29)22-36(35)47(38)56/h3-6,11-14,19-26H,1-2,7-10,15-18H2. The molecule has 0 bridgehead atoms. The van der Waals surface area contributed by atoms with Gasteiger partial charge in [0.2, 0.25) is 0 Å². The summed E-state index contributed by atoms with van der Waals surface area (Å²) in [5.41, 5.74) is 7.90. The number of rotatable bonds is 2. The van der Waals surface area contributed by atoms with Gasteiger partial charge in [-0.15, -0.1) is 34.0 Å². The van der Waals surface area contributed by atoms with Crippen LogP contribution in [0.15, 0.2) is 102 Å². The van der Waals surface area contributed by atoms with Gasteiger partial charge in [0.25, 0.3) is 0 Å². The van der Waals surface area contributed by atoms with Gasteiger partial charge in [-0.05, 0) is 112 Å². The highest BCUT2D eigenvalue weighted by atomic mass is 32.1. The molecule has 0 radical (unpaired) electrons. The molecule has 286 valence electrons. The van der Waals surface area contributed by atoms with Gasteiger partial charge in [0.05, 0.1) is 20.7 Å². The summed E-state index contributed by atoms with van der Waals surface area (Å²) in [7, 11) is 0. The molecule has 13 rings (SSSR count). The summed E-state index contributed by atoms with van der Waals surface area (Å²) in [4.78, 5) is 60.8. The first-order valence-corrected chi connectivity index (χ1v) is 23.4. The van der Waals surface area contributed by atoms with Crippen molar-refractivity contribution in [2.45, 2.75) is 75.0 Å². The highest BCUT2D eigenvalue weighted by Gasteiger charge is 2.55. The summed E-state index contributed by atoms with van der Waals surface area (Å²) in [5, 5.41) is 3.88. The van der Waals surface area contributed by atoms with Crippen molar-refractivity contribution >= 4 is 100 Å². The van der Waals surface area contributed by atoms with E-state index in [4.69, 9.17) is 0 Å². The van der Waals surface area contributed by atoms with Gasteiger partial charge >= 0.3 is 0 Å². The molecule has 2 saturated carbocycles. The Morgan fingerprint density at radius 1 is 0.475 bits per heavy atom. The Hall–Kier alpha value is -5.34. The monoisotopic (exact) mass is 820 g/mol. The number of hydrogen-bond donors (Lipinski definition) is 0. The molecule has 6 aliphatic rings. The fraction of sp³-hybridized carbons (Fsp3) is 0.231. The minimum absolute atomic E-state index is 0.105. The molecule has 2 fully saturated rings. The van der Waals surface area contributed by atoms with Crippen LogP contribution < -0.4 is 0 Å². The Balaban J connectivity index is 0.925. The molecule has 4 aromatic carbocycles. The normalized spacial score (nSPS) is 19.6. The Kier molecular flexibility index (Phi) is 7.09. The van der Waals surface area contributed by atoms with Gasteiger partial charge in [0.1, 0.15) is 0 Å². The van der Waals surface area contributed by atoms with Crippen LogP contribution in [0.1, 0.15) is 132 Å². The van der Waals surface area contributed by atoms with Crippen LogP contribution in [0, 0.1) is 0 Å². The van der Waals surface area contributed by atoms with E-state index in [0.29, 0.717) is 27.8 Å². The van der Waals surface area contributed by atoms with Crippen LogP contribution in [0.5, 0.6) is 0 Å². The predicted octanol–water partition coefficient (Wildman–Crippen LogP) is 13.6. The average molecular weight is 821 g/mol. The van der Waals surface area contributed by atoms with Crippen LogP contribution in [0.2, 0.25) is 0 Å². The zero-order chi connectivity index (χ0) is 39.4. The van der Waals surface area contributed by atoms with Crippen molar-refractivity contribution in [3.8, 4) is 9.75 Å². The van der Waals surface area contributed by atoms with Crippen LogP contribution in [-0.2, 0) is 10.8 Å². The largest absolute Gasteiger partial charge is 0.288 e. The van der Waals surface area contributed by atoms with Crippen molar-refractivity contribution < 1.29 is 19.2 Å². The minimum Gasteiger partial charge on any atom is -0.288 e. The molecule has 6 aliphatic carbocycles. The molecule has 0 N–H and O–H groups in total. The van der Waals surface area contributed by atoms with E-state index < -0.39 is 0 Å². The molecule has 59 heavy (non-hydrogen) atoms. The lowest BCUT2D eigenvalue weighted by molar-refractivity contribution is 0.0974. The summed E-state index contributed by atoms with van der Waals surface area (Å²) < 4.78 is 2.53. The van der Waals surface area contributed by atoms with E-state index in [1.165, 1.54) is 66.4 Å². The number of benzene rings is 4. The van der Waals surface area contributed by atoms with Gasteiger partial charge in [-0.25, -0.2) is 0 Å². The van der Waals surface area contributed by atoms with E-state index in [1.54, 1.807) is 11.3 Å². The lowest BCUT2D eigenvalue weighted by Crippen LogP contribution is -2.35. The van der Waals surface area contributed by atoms with Crippen LogP contribution in [0.3, 0.4) is 0 Å². The Morgan fingerprint density at radius 3 is 1.47 bits per heavy atom. The lowest BCUT2D eigenvalue weighted by Gasteiger charge is -2.42. The van der Waals surface area contributed by atoms with E-state index in [0.717, 1.165) is 70.5 Å². The van der Waals surface area contributed by atoms with Crippen molar-refractivity contribution in [1.82, 2.24) is 0 Å². The Labute approximate surface area is 352 Å². The number of hydrogen-bond acceptors (Lipinski definition) is 7. The highest BCUT2D eigenvalue weighted by molar-refractivity contribution is 7.32. The van der Waals surface area contributed by atoms with E-state index in [-0.39, 0.29) is 39.5 Å². The fourth-order valence-corrected chi connectivity index (χ4v) is 16.3. The molecule has 7 aromatic rings. The number of allylic oxidation sites excluding steroid dienone is 4. The molecular formula is C52H36O4S3. The first-order valence-electron chi connectivity index (χ1n) is 21.0. The maximum Gasteiger partial charge on any atom is 0.197 e. The number of thiophene rings is 3. The summed E-state index contributed by atoms with van der Waals surface area (Å²) in [6.45, 7) is 0. The quantitative estimate of drug-likeness (QED) is 0.129. The molecule has 7 heteroatoms. The van der Waals surface area contributed by atoms with E-state index in [9.17, 15) is 19.2 Å². The smallest absolute Gasteiger partial charge is 0.197 e. The maximum absolute atomic E-state index is 14.1. The molecule has 3 heterocycles. The molecule has 2 spiro atoms. The van der Waals surface area contributed by atoms with Gasteiger partial charge in [0, 0.05) is 58.0 Å². The predicted molar refractivity (Wildman–Crippen MR) is 241 cm³/mol. The van der Waals surface area contributed by atoms with Crippen molar-refractivity contribution in [1.29, 1.82) is 0 Å². The minimum atomic E-state index is -0.226. The van der Waals surface area contributed by atoms with Crippen LogP contribution in [0.4, 0.5) is 0 Å². The van der Waals surface area contributed by atoms with Crippen molar-refractivity contribution in [3.63, 3.8) is 0 Å². The fourth-order valence-electron chi connectivity index (χ4n) is 11.9. The molecule has 0 aliphatic heterocycles. The van der Waals surface area contributed by atoms with Crippen LogP contribution in [0.25, 0.3) is 52.9 Å². The second kappa shape index (κ2) is 12.1. The summed E-state index contributed by atoms with van der Waals surface area (Å²) >= 11 is 5.54. The van der Waals surface area contributed by atoms with Crippen LogP contribution in [-0.4, -0.2) is 23.1 Å². The SMILES string of the molecule is O=C1C(=CC2=Cc3sc4c(c3C23CCCCC3)C2(CCCCC2)c2c-4sc3cc(C=C4C(=O)c5cc6ccccc6cc5C4=O)sc23)C(=O)c2cc3ccccc3cc21.